The van der Waals surface area contributed by atoms with Gasteiger partial charge < -0.3 is 10.6 Å². The molecule has 0 unspecified atom stereocenters. The van der Waals surface area contributed by atoms with Crippen molar-refractivity contribution in [2.24, 2.45) is 0 Å². The summed E-state index contributed by atoms with van der Waals surface area (Å²) in [4.78, 5) is 10.4. The third-order valence-electron chi connectivity index (χ3n) is 4.20. The molecule has 0 radical (unpaired) electrons. The molecule has 23 heavy (non-hydrogen) atoms. The number of hydrogen-bond acceptors (Lipinski definition) is 5. The van der Waals surface area contributed by atoms with Gasteiger partial charge in [0.1, 0.15) is 0 Å². The topological polar surface area (TPSA) is 45.4 Å². The Balaban J connectivity index is 1.53. The molecule has 0 saturated heterocycles. The van der Waals surface area contributed by atoms with E-state index in [9.17, 15) is 0 Å². The minimum atomic E-state index is 0.713. The zero-order chi connectivity index (χ0) is 16.2. The van der Waals surface area contributed by atoms with Crippen molar-refractivity contribution in [1.29, 1.82) is 0 Å². The minimum Gasteiger partial charge on any atom is -0.378 e. The zero-order valence-electron chi connectivity index (χ0n) is 13.8. The number of rotatable bonds is 4. The van der Waals surface area contributed by atoms with Crippen LogP contribution in [0.25, 0.3) is 6.08 Å². The molecule has 0 amide bonds. The van der Waals surface area contributed by atoms with E-state index in [1.165, 1.54) is 21.8 Å². The maximum absolute atomic E-state index is 5.80. The van der Waals surface area contributed by atoms with Gasteiger partial charge in [-0.3, -0.25) is 4.90 Å². The number of thiazole rings is 1. The predicted molar refractivity (Wildman–Crippen MR) is 100 cm³/mol. The number of anilines is 2. The summed E-state index contributed by atoms with van der Waals surface area (Å²) >= 11 is 1.65. The van der Waals surface area contributed by atoms with E-state index < -0.39 is 0 Å². The number of aromatic nitrogens is 1. The molecular weight excluding hydrogens is 304 g/mol. The van der Waals surface area contributed by atoms with E-state index in [-0.39, 0.29) is 0 Å². The molecule has 0 atom stereocenters. The van der Waals surface area contributed by atoms with E-state index >= 15 is 0 Å². The fourth-order valence-corrected chi connectivity index (χ4v) is 3.70. The maximum Gasteiger partial charge on any atom is 0.180 e. The normalized spacial score (nSPS) is 15.6. The van der Waals surface area contributed by atoms with Crippen LogP contribution in [0.3, 0.4) is 0 Å². The van der Waals surface area contributed by atoms with Crippen molar-refractivity contribution < 1.29 is 0 Å². The van der Waals surface area contributed by atoms with E-state index in [2.05, 4.69) is 65.3 Å². The lowest BCUT2D eigenvalue weighted by molar-refractivity contribution is 0.318. The van der Waals surface area contributed by atoms with Crippen molar-refractivity contribution in [3.63, 3.8) is 0 Å². The van der Waals surface area contributed by atoms with Crippen molar-refractivity contribution in [3.05, 3.63) is 46.5 Å². The predicted octanol–water partition coefficient (Wildman–Crippen LogP) is 2.91. The van der Waals surface area contributed by atoms with Crippen molar-refractivity contribution in [2.75, 3.05) is 44.4 Å². The monoisotopic (exact) mass is 328 g/mol. The number of nitrogens with zero attached hydrogens (tertiary/aromatic N) is 3. The Morgan fingerprint density at radius 1 is 1.22 bits per heavy atom. The summed E-state index contributed by atoms with van der Waals surface area (Å²) < 4.78 is 0. The van der Waals surface area contributed by atoms with Gasteiger partial charge in [-0.2, -0.15) is 0 Å². The third kappa shape index (κ3) is 4.12. The smallest absolute Gasteiger partial charge is 0.180 e. The lowest BCUT2D eigenvalue weighted by atomic mass is 10.2. The van der Waals surface area contributed by atoms with Gasteiger partial charge in [-0.05, 0) is 24.1 Å². The summed E-state index contributed by atoms with van der Waals surface area (Å²) in [5.41, 5.74) is 9.48. The summed E-state index contributed by atoms with van der Waals surface area (Å²) in [6, 6.07) is 8.64. The highest BCUT2D eigenvalue weighted by Crippen LogP contribution is 2.24. The molecule has 0 bridgehead atoms. The molecule has 2 aromatic rings. The molecule has 3 rings (SSSR count). The lowest BCUT2D eigenvalue weighted by Gasteiger charge is -2.17. The molecule has 5 heteroatoms. The maximum atomic E-state index is 5.80. The Morgan fingerprint density at radius 2 is 1.96 bits per heavy atom. The average Bonchev–Trinajstić information content (AvgIpc) is 2.79. The molecule has 122 valence electrons. The van der Waals surface area contributed by atoms with Gasteiger partial charge in [-0.25, -0.2) is 4.98 Å². The largest absolute Gasteiger partial charge is 0.378 e. The highest BCUT2D eigenvalue weighted by molar-refractivity contribution is 7.15. The van der Waals surface area contributed by atoms with E-state index in [0.29, 0.717) is 5.13 Å². The molecule has 1 aromatic carbocycles. The van der Waals surface area contributed by atoms with E-state index in [0.717, 1.165) is 32.5 Å². The van der Waals surface area contributed by atoms with Crippen LogP contribution in [-0.2, 0) is 12.8 Å². The Bertz CT molecular complexity index is 647. The van der Waals surface area contributed by atoms with Crippen molar-refractivity contribution in [3.8, 4) is 0 Å². The van der Waals surface area contributed by atoms with Crippen LogP contribution in [0, 0.1) is 0 Å². The summed E-state index contributed by atoms with van der Waals surface area (Å²) in [5.74, 6) is 0. The average molecular weight is 328 g/mol. The van der Waals surface area contributed by atoms with Gasteiger partial charge in [-0.15, -0.1) is 11.3 Å². The highest BCUT2D eigenvalue weighted by Gasteiger charge is 2.16. The number of nitrogens with two attached hydrogens (primary N) is 1. The van der Waals surface area contributed by atoms with Crippen LogP contribution >= 0.6 is 11.3 Å². The molecule has 0 spiro atoms. The van der Waals surface area contributed by atoms with Gasteiger partial charge in [-0.1, -0.05) is 24.3 Å². The first kappa shape index (κ1) is 16.0. The fourth-order valence-electron chi connectivity index (χ4n) is 2.83. The summed E-state index contributed by atoms with van der Waals surface area (Å²) in [6.45, 7) is 3.12. The van der Waals surface area contributed by atoms with Crippen LogP contribution in [0.5, 0.6) is 0 Å². The van der Waals surface area contributed by atoms with E-state index in [1.807, 2.05) is 0 Å². The first-order valence-electron chi connectivity index (χ1n) is 8.02. The minimum absolute atomic E-state index is 0.713. The van der Waals surface area contributed by atoms with Crippen molar-refractivity contribution in [2.45, 2.75) is 12.8 Å². The number of hydrogen-bond donors (Lipinski definition) is 1. The number of nitrogen functional groups attached to an aromatic ring is 1. The van der Waals surface area contributed by atoms with Crippen LogP contribution in [0.2, 0.25) is 0 Å². The summed E-state index contributed by atoms with van der Waals surface area (Å²) in [5, 5.41) is 0.713. The molecule has 4 nitrogen and oxygen atoms in total. The first-order valence-corrected chi connectivity index (χ1v) is 8.84. The van der Waals surface area contributed by atoms with Gasteiger partial charge in [0.05, 0.1) is 5.69 Å². The molecule has 0 saturated carbocycles. The van der Waals surface area contributed by atoms with Crippen LogP contribution in [0.1, 0.15) is 16.1 Å². The van der Waals surface area contributed by atoms with Crippen LogP contribution < -0.4 is 10.6 Å². The third-order valence-corrected chi connectivity index (χ3v) is 5.18. The van der Waals surface area contributed by atoms with Gasteiger partial charge in [0.15, 0.2) is 5.13 Å². The van der Waals surface area contributed by atoms with Crippen LogP contribution in [0.4, 0.5) is 10.8 Å². The van der Waals surface area contributed by atoms with Gasteiger partial charge >= 0.3 is 0 Å². The Labute approximate surface area is 142 Å². The second-order valence-electron chi connectivity index (χ2n) is 6.11. The first-order chi connectivity index (χ1) is 11.1. The molecule has 2 heterocycles. The molecule has 2 N–H and O–H groups in total. The lowest BCUT2D eigenvalue weighted by Crippen LogP contribution is -2.26. The highest BCUT2D eigenvalue weighted by atomic mass is 32.1. The van der Waals surface area contributed by atoms with E-state index in [4.69, 9.17) is 5.73 Å². The second-order valence-corrected chi connectivity index (χ2v) is 7.23. The summed E-state index contributed by atoms with van der Waals surface area (Å²) in [7, 11) is 4.12. The quantitative estimate of drug-likeness (QED) is 0.937. The van der Waals surface area contributed by atoms with E-state index in [1.54, 1.807) is 11.3 Å². The molecule has 1 aromatic heterocycles. The van der Waals surface area contributed by atoms with Gasteiger partial charge in [0.2, 0.25) is 0 Å². The fraction of sp³-hybridized carbons (Fsp3) is 0.389. The number of fused-ring (bicyclic) bond motifs is 1. The van der Waals surface area contributed by atoms with Crippen LogP contribution in [-0.4, -0.2) is 43.6 Å². The number of benzene rings is 1. The van der Waals surface area contributed by atoms with Gasteiger partial charge in [0, 0.05) is 50.7 Å². The standard InChI is InChI=1S/C18H24N4S/c1-21(2)15-7-5-14(6-8-15)4-3-11-22-12-9-16-17(10-13-22)23-18(19)20-16/h3-8H,9-13H2,1-2H3,(H2,19,20). The zero-order valence-corrected chi connectivity index (χ0v) is 14.6. The molecular formula is C18H24N4S. The van der Waals surface area contributed by atoms with Crippen molar-refractivity contribution >= 4 is 28.2 Å². The Hall–Kier alpha value is -1.85. The molecule has 0 aliphatic carbocycles. The Morgan fingerprint density at radius 3 is 2.70 bits per heavy atom. The van der Waals surface area contributed by atoms with Crippen molar-refractivity contribution in [1.82, 2.24) is 9.88 Å². The molecule has 1 aliphatic heterocycles. The SMILES string of the molecule is CN(C)c1ccc(C=CCN2CCc3nc(N)sc3CC2)cc1. The molecule has 0 fully saturated rings. The molecule has 1 aliphatic rings. The van der Waals surface area contributed by atoms with Crippen LogP contribution in [0.15, 0.2) is 30.3 Å². The van der Waals surface area contributed by atoms with Gasteiger partial charge in [0.25, 0.3) is 0 Å². The Kier molecular flexibility index (Phi) is 4.98. The second kappa shape index (κ2) is 7.15. The summed E-state index contributed by atoms with van der Waals surface area (Å²) in [6.07, 6.45) is 6.53.